The van der Waals surface area contributed by atoms with Crippen molar-refractivity contribution in [2.45, 2.75) is 43.9 Å². The molecule has 0 saturated heterocycles. The van der Waals surface area contributed by atoms with E-state index in [0.29, 0.717) is 17.9 Å². The topological polar surface area (TPSA) is 35.5 Å². The summed E-state index contributed by atoms with van der Waals surface area (Å²) in [4.78, 5) is 12.9. The van der Waals surface area contributed by atoms with E-state index in [2.05, 4.69) is 19.6 Å². The van der Waals surface area contributed by atoms with Gasteiger partial charge in [0.25, 0.3) is 0 Å². The number of carbonyl (C=O) groups excluding carboxylic acids is 1. The maximum atomic E-state index is 12.1. The van der Waals surface area contributed by atoms with Crippen LogP contribution in [0, 0.1) is 0 Å². The molecular weight excluding hydrogens is 320 g/mol. The van der Waals surface area contributed by atoms with Crippen LogP contribution >= 0.6 is 12.6 Å². The van der Waals surface area contributed by atoms with E-state index in [-0.39, 0.29) is 5.97 Å². The first-order valence-corrected chi connectivity index (χ1v) is 8.88. The standard InChI is InChI=1S/C20H24O3S/c1-2-3-4-5-6-15-22-17-9-7-16(8-10-17)20(21)23-18-11-13-19(24)14-12-18/h7-14,24H,2-6,15H2,1H3. The number of ether oxygens (including phenoxy) is 2. The number of benzene rings is 2. The van der Waals surface area contributed by atoms with Crippen LogP contribution in [0.2, 0.25) is 0 Å². The van der Waals surface area contributed by atoms with Crippen LogP contribution in [0.1, 0.15) is 49.4 Å². The Morgan fingerprint density at radius 2 is 1.50 bits per heavy atom. The number of rotatable bonds is 9. The summed E-state index contributed by atoms with van der Waals surface area (Å²) in [7, 11) is 0. The number of hydrogen-bond donors (Lipinski definition) is 1. The van der Waals surface area contributed by atoms with Crippen LogP contribution < -0.4 is 9.47 Å². The van der Waals surface area contributed by atoms with Crippen LogP contribution in [-0.4, -0.2) is 12.6 Å². The number of unbranched alkanes of at least 4 members (excludes halogenated alkanes) is 4. The second-order valence-corrected chi connectivity index (χ2v) is 6.19. The van der Waals surface area contributed by atoms with Gasteiger partial charge < -0.3 is 9.47 Å². The molecule has 0 aliphatic rings. The maximum Gasteiger partial charge on any atom is 0.343 e. The van der Waals surface area contributed by atoms with Gasteiger partial charge in [0.15, 0.2) is 0 Å². The minimum Gasteiger partial charge on any atom is -0.494 e. The van der Waals surface area contributed by atoms with E-state index < -0.39 is 0 Å². The van der Waals surface area contributed by atoms with Gasteiger partial charge in [-0.1, -0.05) is 32.6 Å². The molecule has 0 N–H and O–H groups in total. The highest BCUT2D eigenvalue weighted by atomic mass is 32.1. The molecule has 2 aromatic rings. The molecule has 0 radical (unpaired) electrons. The minimum atomic E-state index is -0.381. The average Bonchev–Trinajstić information content (AvgIpc) is 2.60. The maximum absolute atomic E-state index is 12.1. The molecule has 2 aromatic carbocycles. The van der Waals surface area contributed by atoms with E-state index in [0.717, 1.165) is 17.1 Å². The third-order valence-corrected chi connectivity index (χ3v) is 3.95. The summed E-state index contributed by atoms with van der Waals surface area (Å²) in [6.45, 7) is 2.92. The molecule has 0 aliphatic heterocycles. The van der Waals surface area contributed by atoms with E-state index in [9.17, 15) is 4.79 Å². The van der Waals surface area contributed by atoms with Gasteiger partial charge in [-0.05, 0) is 55.0 Å². The van der Waals surface area contributed by atoms with Crippen LogP contribution in [0.15, 0.2) is 53.4 Å². The molecule has 0 heterocycles. The summed E-state index contributed by atoms with van der Waals surface area (Å²) in [6.07, 6.45) is 6.05. The fourth-order valence-corrected chi connectivity index (χ4v) is 2.41. The number of carbonyl (C=O) groups is 1. The molecule has 0 aliphatic carbocycles. The molecule has 0 saturated carbocycles. The average molecular weight is 344 g/mol. The Morgan fingerprint density at radius 1 is 0.875 bits per heavy atom. The van der Waals surface area contributed by atoms with Crippen LogP contribution in [0.5, 0.6) is 11.5 Å². The third kappa shape index (κ3) is 6.28. The lowest BCUT2D eigenvalue weighted by Crippen LogP contribution is -2.08. The van der Waals surface area contributed by atoms with Crippen molar-refractivity contribution < 1.29 is 14.3 Å². The van der Waals surface area contributed by atoms with Crippen molar-refractivity contribution in [3.8, 4) is 11.5 Å². The molecule has 3 nitrogen and oxygen atoms in total. The first-order valence-electron chi connectivity index (χ1n) is 8.43. The molecule has 0 amide bonds. The van der Waals surface area contributed by atoms with E-state index in [1.54, 1.807) is 48.5 Å². The number of thiol groups is 1. The van der Waals surface area contributed by atoms with Gasteiger partial charge in [-0.3, -0.25) is 0 Å². The SMILES string of the molecule is CCCCCCCOc1ccc(C(=O)Oc2ccc(S)cc2)cc1. The molecule has 4 heteroatoms. The van der Waals surface area contributed by atoms with Crippen molar-refractivity contribution in [2.24, 2.45) is 0 Å². The fourth-order valence-electron chi connectivity index (χ4n) is 2.26. The molecule has 0 atom stereocenters. The van der Waals surface area contributed by atoms with Crippen LogP contribution in [-0.2, 0) is 0 Å². The highest BCUT2D eigenvalue weighted by molar-refractivity contribution is 7.80. The molecule has 0 fully saturated rings. The second-order valence-electron chi connectivity index (χ2n) is 5.67. The first-order chi connectivity index (χ1) is 11.7. The highest BCUT2D eigenvalue weighted by Gasteiger charge is 2.08. The predicted molar refractivity (Wildman–Crippen MR) is 99.3 cm³/mol. The number of esters is 1. The van der Waals surface area contributed by atoms with Crippen molar-refractivity contribution >= 4 is 18.6 Å². The predicted octanol–water partition coefficient (Wildman–Crippen LogP) is 5.54. The van der Waals surface area contributed by atoms with Gasteiger partial charge in [0.2, 0.25) is 0 Å². The van der Waals surface area contributed by atoms with E-state index in [4.69, 9.17) is 9.47 Å². The summed E-state index contributed by atoms with van der Waals surface area (Å²) in [6, 6.07) is 14.1. The van der Waals surface area contributed by atoms with Crippen molar-refractivity contribution in [1.82, 2.24) is 0 Å². The minimum absolute atomic E-state index is 0.381. The Hall–Kier alpha value is -1.94. The van der Waals surface area contributed by atoms with E-state index in [1.165, 1.54) is 25.7 Å². The molecule has 0 spiro atoms. The quantitative estimate of drug-likeness (QED) is 0.281. The van der Waals surface area contributed by atoms with Crippen LogP contribution in [0.3, 0.4) is 0 Å². The van der Waals surface area contributed by atoms with Gasteiger partial charge in [0.05, 0.1) is 12.2 Å². The van der Waals surface area contributed by atoms with Gasteiger partial charge in [0.1, 0.15) is 11.5 Å². The Morgan fingerprint density at radius 3 is 2.17 bits per heavy atom. The van der Waals surface area contributed by atoms with Gasteiger partial charge >= 0.3 is 5.97 Å². The Labute approximate surface area is 149 Å². The molecule has 24 heavy (non-hydrogen) atoms. The van der Waals surface area contributed by atoms with Gasteiger partial charge in [-0.2, -0.15) is 0 Å². The van der Waals surface area contributed by atoms with Crippen molar-refractivity contribution in [3.05, 3.63) is 54.1 Å². The van der Waals surface area contributed by atoms with Gasteiger partial charge in [-0.15, -0.1) is 12.6 Å². The molecule has 128 valence electrons. The Bertz CT molecular complexity index is 620. The summed E-state index contributed by atoms with van der Waals surface area (Å²) < 4.78 is 11.0. The van der Waals surface area contributed by atoms with Crippen molar-refractivity contribution in [3.63, 3.8) is 0 Å². The van der Waals surface area contributed by atoms with Crippen LogP contribution in [0.4, 0.5) is 0 Å². The molecule has 2 rings (SSSR count). The van der Waals surface area contributed by atoms with E-state index in [1.807, 2.05) is 0 Å². The second kappa shape index (κ2) is 10.0. The van der Waals surface area contributed by atoms with Crippen LogP contribution in [0.25, 0.3) is 0 Å². The zero-order valence-electron chi connectivity index (χ0n) is 14.0. The lowest BCUT2D eigenvalue weighted by Gasteiger charge is -2.08. The summed E-state index contributed by atoms with van der Waals surface area (Å²) in [5.41, 5.74) is 0.500. The summed E-state index contributed by atoms with van der Waals surface area (Å²) in [5.74, 6) is 0.903. The molecule has 0 bridgehead atoms. The van der Waals surface area contributed by atoms with Crippen molar-refractivity contribution in [2.75, 3.05) is 6.61 Å². The number of hydrogen-bond acceptors (Lipinski definition) is 4. The summed E-state index contributed by atoms with van der Waals surface area (Å²) >= 11 is 4.20. The van der Waals surface area contributed by atoms with E-state index >= 15 is 0 Å². The lowest BCUT2D eigenvalue weighted by molar-refractivity contribution is 0.0734. The third-order valence-electron chi connectivity index (χ3n) is 3.65. The lowest BCUT2D eigenvalue weighted by atomic mass is 10.2. The summed E-state index contributed by atoms with van der Waals surface area (Å²) in [5, 5.41) is 0. The largest absolute Gasteiger partial charge is 0.494 e. The van der Waals surface area contributed by atoms with Gasteiger partial charge in [0, 0.05) is 4.90 Å². The van der Waals surface area contributed by atoms with Crippen molar-refractivity contribution in [1.29, 1.82) is 0 Å². The Balaban J connectivity index is 1.78. The monoisotopic (exact) mass is 344 g/mol. The molecule has 0 unspecified atom stereocenters. The smallest absolute Gasteiger partial charge is 0.343 e. The first kappa shape index (κ1) is 18.4. The zero-order chi connectivity index (χ0) is 17.2. The molecule has 0 aromatic heterocycles. The fraction of sp³-hybridized carbons (Fsp3) is 0.350. The molecular formula is C20H24O3S. The highest BCUT2D eigenvalue weighted by Crippen LogP contribution is 2.18. The zero-order valence-corrected chi connectivity index (χ0v) is 14.9. The normalized spacial score (nSPS) is 10.4. The Kier molecular flexibility index (Phi) is 7.69. The van der Waals surface area contributed by atoms with Gasteiger partial charge in [-0.25, -0.2) is 4.79 Å².